The van der Waals surface area contributed by atoms with Gasteiger partial charge in [0.25, 0.3) is 5.56 Å². The predicted octanol–water partition coefficient (Wildman–Crippen LogP) is 4.37. The van der Waals surface area contributed by atoms with E-state index in [0.29, 0.717) is 5.56 Å². The van der Waals surface area contributed by atoms with Crippen LogP contribution in [0.25, 0.3) is 0 Å². The number of nitrogens with zero attached hydrogens (tertiary/aromatic N) is 3. The number of hydrogen-bond acceptors (Lipinski definition) is 5. The maximum absolute atomic E-state index is 13.6. The molecule has 0 saturated heterocycles. The maximum atomic E-state index is 13.6. The van der Waals surface area contributed by atoms with Gasteiger partial charge in [0, 0.05) is 12.1 Å². The van der Waals surface area contributed by atoms with Crippen LogP contribution in [0.1, 0.15) is 28.4 Å². The molecule has 0 radical (unpaired) electrons. The Labute approximate surface area is 203 Å². The number of nitrogens with two attached hydrogens (primary N) is 1. The van der Waals surface area contributed by atoms with E-state index in [4.69, 9.17) is 5.73 Å². The number of halogens is 4. The fourth-order valence-corrected chi connectivity index (χ4v) is 4.13. The van der Waals surface area contributed by atoms with Crippen LogP contribution in [0.15, 0.2) is 77.4 Å². The number of carbonyl (C=O) groups is 1. The monoisotopic (exact) mass is 502 g/mol. The molecule has 0 fully saturated rings. The first-order chi connectivity index (χ1) is 17.1. The molecule has 1 aromatic heterocycles. The molecule has 0 spiro atoms. The molecule has 2 aromatic carbocycles. The number of alkyl halides is 3. The molecule has 1 aliphatic rings. The van der Waals surface area contributed by atoms with Crippen LogP contribution in [0, 0.1) is 0 Å². The van der Waals surface area contributed by atoms with Gasteiger partial charge in [0.15, 0.2) is 0 Å². The number of carbonyl (C=O) groups excluding carboxylic acids is 1. The predicted molar refractivity (Wildman–Crippen MR) is 124 cm³/mol. The number of ether oxygens (including phenoxy) is 1. The fraction of sp³-hybridized carbons (Fsp3) is 0.240. The largest absolute Gasteiger partial charge is 0.442 e. The van der Waals surface area contributed by atoms with Gasteiger partial charge in [0.05, 0.1) is 24.4 Å². The summed E-state index contributed by atoms with van der Waals surface area (Å²) in [5.74, 6) is -1.70. The minimum absolute atomic E-state index is 0.0403. The molecular formula is C25H22F4N4O3. The lowest BCUT2D eigenvalue weighted by molar-refractivity contribution is -0.0819. The lowest BCUT2D eigenvalue weighted by atomic mass is 9.97. The smallest absolute Gasteiger partial charge is 0.412 e. The van der Waals surface area contributed by atoms with Gasteiger partial charge in [-0.2, -0.15) is 13.2 Å². The highest BCUT2D eigenvalue weighted by atomic mass is 19.4. The van der Waals surface area contributed by atoms with Crippen LogP contribution in [0.4, 0.5) is 28.3 Å². The molecule has 2 N–H and O–H groups in total. The molecule has 1 aliphatic heterocycles. The molecule has 0 aliphatic carbocycles. The summed E-state index contributed by atoms with van der Waals surface area (Å²) in [5.41, 5.74) is 8.17. The topological polar surface area (TPSA) is 90.5 Å². The second kappa shape index (κ2) is 10.2. The number of benzene rings is 2. The van der Waals surface area contributed by atoms with Gasteiger partial charge in [-0.1, -0.05) is 60.7 Å². The molecule has 0 atom stereocenters. The summed E-state index contributed by atoms with van der Waals surface area (Å²) in [6, 6.07) is 18.1. The summed E-state index contributed by atoms with van der Waals surface area (Å²) >= 11 is 0. The molecular weight excluding hydrogens is 480 g/mol. The second-order valence-electron chi connectivity index (χ2n) is 8.15. The van der Waals surface area contributed by atoms with E-state index in [0.717, 1.165) is 16.0 Å². The Morgan fingerprint density at radius 2 is 1.67 bits per heavy atom. The van der Waals surface area contributed by atoms with E-state index in [9.17, 15) is 27.2 Å². The number of hydrogen-bond donors (Lipinski definition) is 1. The number of anilines is 1. The number of rotatable bonds is 5. The molecule has 0 unspecified atom stereocenters. The zero-order valence-electron chi connectivity index (χ0n) is 18.9. The summed E-state index contributed by atoms with van der Waals surface area (Å²) in [5, 5.41) is 0. The molecule has 1 amide bonds. The standard InChI is InChI=1S/C25H22F4N4O3/c26-18(13-25(27,28)29)15-36-24(35)32-12-11-19-20(14-32)31-23(30)33(22(19)34)21(16-7-3-1-4-8-16)17-9-5-2-6-10-17/h1-10,13,21H,11-12,14-15H2,(H2,30,31)/b18-13-. The molecule has 188 valence electrons. The quantitative estimate of drug-likeness (QED) is 0.524. The molecule has 3 aromatic rings. The molecule has 0 bridgehead atoms. The van der Waals surface area contributed by atoms with Crippen molar-refractivity contribution < 1.29 is 27.1 Å². The van der Waals surface area contributed by atoms with E-state index in [2.05, 4.69) is 9.72 Å². The van der Waals surface area contributed by atoms with Crippen LogP contribution in [0.2, 0.25) is 0 Å². The van der Waals surface area contributed by atoms with Crippen molar-refractivity contribution in [1.82, 2.24) is 14.5 Å². The van der Waals surface area contributed by atoms with Gasteiger partial charge in [-0.05, 0) is 17.5 Å². The Morgan fingerprint density at radius 1 is 1.08 bits per heavy atom. The first-order valence-electron chi connectivity index (χ1n) is 11.0. The lowest BCUT2D eigenvalue weighted by Gasteiger charge is -2.29. The average molecular weight is 502 g/mol. The summed E-state index contributed by atoms with van der Waals surface area (Å²) in [6.07, 6.45) is -6.35. The van der Waals surface area contributed by atoms with Gasteiger partial charge >= 0.3 is 12.3 Å². The van der Waals surface area contributed by atoms with Gasteiger partial charge < -0.3 is 15.4 Å². The maximum Gasteiger partial charge on any atom is 0.412 e. The van der Waals surface area contributed by atoms with Gasteiger partial charge in [-0.3, -0.25) is 9.36 Å². The first kappa shape index (κ1) is 25.0. The van der Waals surface area contributed by atoms with Crippen molar-refractivity contribution in [3.05, 3.63) is 105 Å². The Morgan fingerprint density at radius 3 is 2.22 bits per heavy atom. The highest BCUT2D eigenvalue weighted by molar-refractivity contribution is 5.68. The number of amides is 1. The van der Waals surface area contributed by atoms with Gasteiger partial charge in [-0.15, -0.1) is 0 Å². The summed E-state index contributed by atoms with van der Waals surface area (Å²) in [6.45, 7) is -1.27. The van der Waals surface area contributed by atoms with E-state index in [1.54, 1.807) is 0 Å². The van der Waals surface area contributed by atoms with Crippen LogP contribution >= 0.6 is 0 Å². The highest BCUT2D eigenvalue weighted by Crippen LogP contribution is 2.28. The average Bonchev–Trinajstić information content (AvgIpc) is 2.84. The molecule has 36 heavy (non-hydrogen) atoms. The Kier molecular flexibility index (Phi) is 7.09. The zero-order valence-corrected chi connectivity index (χ0v) is 18.9. The van der Waals surface area contributed by atoms with Gasteiger partial charge in [0.1, 0.15) is 12.4 Å². The molecule has 7 nitrogen and oxygen atoms in total. The van der Waals surface area contributed by atoms with E-state index in [-0.39, 0.29) is 36.7 Å². The van der Waals surface area contributed by atoms with Crippen LogP contribution in [-0.4, -0.2) is 39.9 Å². The number of fused-ring (bicyclic) bond motifs is 1. The second-order valence-corrected chi connectivity index (χ2v) is 8.15. The number of nitrogen functional groups attached to an aromatic ring is 1. The van der Waals surface area contributed by atoms with Crippen molar-refractivity contribution in [2.24, 2.45) is 0 Å². The van der Waals surface area contributed by atoms with Crippen molar-refractivity contribution in [2.45, 2.75) is 25.2 Å². The summed E-state index contributed by atoms with van der Waals surface area (Å²) in [7, 11) is 0. The molecule has 0 saturated carbocycles. The van der Waals surface area contributed by atoms with E-state index in [1.807, 2.05) is 60.7 Å². The van der Waals surface area contributed by atoms with Crippen LogP contribution in [0.3, 0.4) is 0 Å². The van der Waals surface area contributed by atoms with Gasteiger partial charge in [0.2, 0.25) is 5.95 Å². The Balaban J connectivity index is 1.61. The SMILES string of the molecule is Nc1nc2c(c(=O)n1C(c1ccccc1)c1ccccc1)CCN(C(=O)OC/C(F)=C/C(F)(F)F)C2. The lowest BCUT2D eigenvalue weighted by Crippen LogP contribution is -2.42. The molecule has 2 heterocycles. The third-order valence-electron chi connectivity index (χ3n) is 5.69. The van der Waals surface area contributed by atoms with Crippen molar-refractivity contribution in [2.75, 3.05) is 18.9 Å². The third kappa shape index (κ3) is 5.56. The van der Waals surface area contributed by atoms with Crippen LogP contribution < -0.4 is 11.3 Å². The molecule has 11 heteroatoms. The molecule has 4 rings (SSSR count). The number of aromatic nitrogens is 2. The number of allylic oxidation sites excluding steroid dienone is 1. The van der Waals surface area contributed by atoms with Crippen LogP contribution in [0.5, 0.6) is 0 Å². The van der Waals surface area contributed by atoms with E-state index >= 15 is 0 Å². The summed E-state index contributed by atoms with van der Waals surface area (Å²) < 4.78 is 56.0. The van der Waals surface area contributed by atoms with Crippen molar-refractivity contribution in [1.29, 1.82) is 0 Å². The third-order valence-corrected chi connectivity index (χ3v) is 5.69. The minimum Gasteiger partial charge on any atom is -0.442 e. The minimum atomic E-state index is -4.86. The highest BCUT2D eigenvalue weighted by Gasteiger charge is 2.30. The fourth-order valence-electron chi connectivity index (χ4n) is 4.13. The van der Waals surface area contributed by atoms with E-state index in [1.165, 1.54) is 4.57 Å². The Hall–Kier alpha value is -4.15. The zero-order chi connectivity index (χ0) is 25.9. The first-order valence-corrected chi connectivity index (χ1v) is 11.0. The summed E-state index contributed by atoms with van der Waals surface area (Å²) in [4.78, 5) is 31.4. The van der Waals surface area contributed by atoms with Gasteiger partial charge in [-0.25, -0.2) is 14.2 Å². The van der Waals surface area contributed by atoms with E-state index < -0.39 is 36.8 Å². The Bertz CT molecular complexity index is 1290. The van der Waals surface area contributed by atoms with Crippen LogP contribution in [-0.2, 0) is 17.7 Å². The van der Waals surface area contributed by atoms with Crippen molar-refractivity contribution in [3.8, 4) is 0 Å². The van der Waals surface area contributed by atoms with Crippen molar-refractivity contribution >= 4 is 12.0 Å². The van der Waals surface area contributed by atoms with Crippen molar-refractivity contribution in [3.63, 3.8) is 0 Å². The normalized spacial score (nSPS) is 14.0.